The average molecular weight is 316 g/mol. The maximum Gasteiger partial charge on any atom is 0.128 e. The number of allylic oxidation sites excluding steroid dienone is 3. The lowest BCUT2D eigenvalue weighted by Crippen LogP contribution is -2.16. The van der Waals surface area contributed by atoms with Crippen molar-refractivity contribution in [1.29, 1.82) is 0 Å². The van der Waals surface area contributed by atoms with Gasteiger partial charge >= 0.3 is 0 Å². The van der Waals surface area contributed by atoms with Crippen LogP contribution >= 0.6 is 0 Å². The molecular formula is C20H28O3. The lowest BCUT2D eigenvalue weighted by Gasteiger charge is -2.30. The summed E-state index contributed by atoms with van der Waals surface area (Å²) in [7, 11) is 0. The van der Waals surface area contributed by atoms with Crippen LogP contribution in [0.4, 0.5) is 0 Å². The lowest BCUT2D eigenvalue weighted by molar-refractivity contribution is 0.272. The summed E-state index contributed by atoms with van der Waals surface area (Å²) in [5.74, 6) is 0.270. The minimum Gasteiger partial charge on any atom is -0.507 e. The topological polar surface area (TPSA) is 60.7 Å². The monoisotopic (exact) mass is 316 g/mol. The third-order valence-corrected chi connectivity index (χ3v) is 4.86. The molecule has 0 aromatic heterocycles. The van der Waals surface area contributed by atoms with E-state index in [1.165, 1.54) is 0 Å². The second kappa shape index (κ2) is 7.69. The summed E-state index contributed by atoms with van der Waals surface area (Å²) >= 11 is 0. The van der Waals surface area contributed by atoms with E-state index in [9.17, 15) is 15.3 Å². The summed E-state index contributed by atoms with van der Waals surface area (Å²) < 4.78 is 0. The number of unbranched alkanes of at least 4 members (excludes halogenated alkanes) is 1. The number of aromatic hydroxyl groups is 2. The first kappa shape index (κ1) is 17.6. The van der Waals surface area contributed by atoms with E-state index in [1.54, 1.807) is 6.07 Å². The molecule has 0 saturated heterocycles. The number of aliphatic hydroxyl groups is 1. The van der Waals surface area contributed by atoms with Crippen molar-refractivity contribution in [3.63, 3.8) is 0 Å². The molecule has 0 aliphatic heterocycles. The molecule has 2 atom stereocenters. The Hall–Kier alpha value is -1.74. The second-order valence-electron chi connectivity index (χ2n) is 6.54. The molecule has 0 saturated carbocycles. The minimum atomic E-state index is -0.216. The Kier molecular flexibility index (Phi) is 5.89. The zero-order chi connectivity index (χ0) is 17.0. The zero-order valence-electron chi connectivity index (χ0n) is 14.2. The Balaban J connectivity index is 2.51. The summed E-state index contributed by atoms with van der Waals surface area (Å²) in [6.45, 7) is 7.94. The van der Waals surface area contributed by atoms with Crippen molar-refractivity contribution < 1.29 is 15.3 Å². The largest absolute Gasteiger partial charge is 0.507 e. The van der Waals surface area contributed by atoms with E-state index in [1.807, 2.05) is 13.0 Å². The van der Waals surface area contributed by atoms with E-state index in [0.29, 0.717) is 11.1 Å². The molecule has 1 aromatic rings. The molecule has 23 heavy (non-hydrogen) atoms. The SMILES string of the molecule is C=C(C)C1CCC=C[C@H]1c1c(O)cc(CCCC)c(CO)c1O. The van der Waals surface area contributed by atoms with Crippen molar-refractivity contribution in [2.24, 2.45) is 5.92 Å². The molecule has 1 aliphatic carbocycles. The van der Waals surface area contributed by atoms with Gasteiger partial charge in [0, 0.05) is 17.0 Å². The third-order valence-electron chi connectivity index (χ3n) is 4.86. The molecule has 2 rings (SSSR count). The Morgan fingerprint density at radius 3 is 2.70 bits per heavy atom. The van der Waals surface area contributed by atoms with Gasteiger partial charge in [-0.05, 0) is 50.2 Å². The molecule has 1 aliphatic rings. The van der Waals surface area contributed by atoms with Crippen LogP contribution in [0.1, 0.15) is 62.1 Å². The average Bonchev–Trinajstić information content (AvgIpc) is 2.53. The van der Waals surface area contributed by atoms with Gasteiger partial charge in [0.2, 0.25) is 0 Å². The number of aliphatic hydroxyl groups excluding tert-OH is 1. The standard InChI is InChI=1S/C20H28O3/c1-4-5-8-14-11-18(22)19(20(23)17(14)12-21)16-10-7-6-9-15(16)13(2)3/h7,10-11,15-16,21-23H,2,4-6,8-9,12H2,1,3H3/t15?,16-/m1/s1. The van der Waals surface area contributed by atoms with Gasteiger partial charge in [0.25, 0.3) is 0 Å². The highest BCUT2D eigenvalue weighted by molar-refractivity contribution is 5.56. The van der Waals surface area contributed by atoms with Gasteiger partial charge in [0.05, 0.1) is 6.61 Å². The maximum absolute atomic E-state index is 10.7. The Morgan fingerprint density at radius 1 is 1.35 bits per heavy atom. The second-order valence-corrected chi connectivity index (χ2v) is 6.54. The van der Waals surface area contributed by atoms with Gasteiger partial charge in [-0.15, -0.1) is 0 Å². The van der Waals surface area contributed by atoms with Gasteiger partial charge in [0.15, 0.2) is 0 Å². The molecule has 126 valence electrons. The molecule has 0 heterocycles. The summed E-state index contributed by atoms with van der Waals surface area (Å²) in [5.41, 5.74) is 2.96. The van der Waals surface area contributed by atoms with Gasteiger partial charge in [-0.1, -0.05) is 37.6 Å². The van der Waals surface area contributed by atoms with Crippen LogP contribution in [0.5, 0.6) is 11.5 Å². The molecule has 1 unspecified atom stereocenters. The van der Waals surface area contributed by atoms with Crippen LogP contribution in [0, 0.1) is 5.92 Å². The van der Waals surface area contributed by atoms with Crippen LogP contribution in [0.15, 0.2) is 30.4 Å². The van der Waals surface area contributed by atoms with Crippen LogP contribution in [0.3, 0.4) is 0 Å². The molecular weight excluding hydrogens is 288 g/mol. The van der Waals surface area contributed by atoms with Crippen LogP contribution in [-0.2, 0) is 13.0 Å². The van der Waals surface area contributed by atoms with Crippen molar-refractivity contribution in [3.8, 4) is 11.5 Å². The molecule has 0 fully saturated rings. The van der Waals surface area contributed by atoms with Crippen LogP contribution in [0.2, 0.25) is 0 Å². The van der Waals surface area contributed by atoms with E-state index in [2.05, 4.69) is 19.6 Å². The van der Waals surface area contributed by atoms with Crippen molar-refractivity contribution in [2.75, 3.05) is 0 Å². The molecule has 3 heteroatoms. The van der Waals surface area contributed by atoms with Gasteiger partial charge in [-0.2, -0.15) is 0 Å². The fraction of sp³-hybridized carbons (Fsp3) is 0.500. The molecule has 0 bridgehead atoms. The number of phenols is 2. The van der Waals surface area contributed by atoms with E-state index < -0.39 is 0 Å². The third kappa shape index (κ3) is 3.61. The van der Waals surface area contributed by atoms with Crippen molar-refractivity contribution in [1.82, 2.24) is 0 Å². The molecule has 3 N–H and O–H groups in total. The van der Waals surface area contributed by atoms with Crippen molar-refractivity contribution in [3.05, 3.63) is 47.1 Å². The van der Waals surface area contributed by atoms with Gasteiger partial charge in [-0.25, -0.2) is 0 Å². The van der Waals surface area contributed by atoms with E-state index >= 15 is 0 Å². The lowest BCUT2D eigenvalue weighted by atomic mass is 9.75. The first-order chi connectivity index (χ1) is 11.0. The quantitative estimate of drug-likeness (QED) is 0.674. The fourth-order valence-corrected chi connectivity index (χ4v) is 3.54. The summed E-state index contributed by atoms with van der Waals surface area (Å²) in [5, 5.41) is 31.0. The van der Waals surface area contributed by atoms with Crippen LogP contribution in [0.25, 0.3) is 0 Å². The number of benzene rings is 1. The predicted molar refractivity (Wildman–Crippen MR) is 93.7 cm³/mol. The Labute approximate surface area is 139 Å². The maximum atomic E-state index is 10.7. The van der Waals surface area contributed by atoms with Crippen molar-refractivity contribution in [2.45, 2.75) is 58.5 Å². The smallest absolute Gasteiger partial charge is 0.128 e. The van der Waals surface area contributed by atoms with E-state index in [4.69, 9.17) is 0 Å². The van der Waals surface area contributed by atoms with Gasteiger partial charge in [0.1, 0.15) is 11.5 Å². The molecule has 1 aromatic carbocycles. The highest BCUT2D eigenvalue weighted by Gasteiger charge is 2.30. The van der Waals surface area contributed by atoms with Gasteiger partial charge in [-0.3, -0.25) is 0 Å². The van der Waals surface area contributed by atoms with Crippen LogP contribution < -0.4 is 0 Å². The Morgan fingerprint density at radius 2 is 2.09 bits per heavy atom. The first-order valence-electron chi connectivity index (χ1n) is 8.50. The summed E-state index contributed by atoms with van der Waals surface area (Å²) in [6.07, 6.45) is 8.81. The fourth-order valence-electron chi connectivity index (χ4n) is 3.54. The van der Waals surface area contributed by atoms with Crippen LogP contribution in [-0.4, -0.2) is 15.3 Å². The normalized spacial score (nSPS) is 20.7. The van der Waals surface area contributed by atoms with Crippen molar-refractivity contribution >= 4 is 0 Å². The summed E-state index contributed by atoms with van der Waals surface area (Å²) in [4.78, 5) is 0. The molecule has 0 radical (unpaired) electrons. The number of rotatable bonds is 6. The Bertz CT molecular complexity index is 601. The van der Waals surface area contributed by atoms with E-state index in [-0.39, 0.29) is 29.9 Å². The molecule has 3 nitrogen and oxygen atoms in total. The first-order valence-corrected chi connectivity index (χ1v) is 8.50. The van der Waals surface area contributed by atoms with Gasteiger partial charge < -0.3 is 15.3 Å². The number of hydrogen-bond acceptors (Lipinski definition) is 3. The number of hydrogen-bond donors (Lipinski definition) is 3. The summed E-state index contributed by atoms with van der Waals surface area (Å²) in [6, 6.07) is 1.72. The minimum absolute atomic E-state index is 0.0430. The highest BCUT2D eigenvalue weighted by Crippen LogP contribution is 2.46. The zero-order valence-corrected chi connectivity index (χ0v) is 14.2. The molecule has 0 spiro atoms. The predicted octanol–water partition coefficient (Wildman–Crippen LogP) is 4.56. The number of aryl methyl sites for hydroxylation is 1. The van der Waals surface area contributed by atoms with E-state index in [0.717, 1.165) is 43.2 Å². The molecule has 0 amide bonds. The highest BCUT2D eigenvalue weighted by atomic mass is 16.3. The number of phenolic OH excluding ortho intramolecular Hbond substituents is 1.